The average molecular weight is 219 g/mol. The Morgan fingerprint density at radius 3 is 1.80 bits per heavy atom. The number of nitrogens with one attached hydrogen (secondary N) is 1. The smallest absolute Gasteiger partial charge is 0.0594 e. The lowest BCUT2D eigenvalue weighted by molar-refractivity contribution is 0.0397. The van der Waals surface area contributed by atoms with Crippen LogP contribution < -0.4 is 5.32 Å². The Morgan fingerprint density at radius 1 is 1.13 bits per heavy atom. The van der Waals surface area contributed by atoms with Crippen molar-refractivity contribution in [2.24, 2.45) is 11.8 Å². The van der Waals surface area contributed by atoms with Gasteiger partial charge in [0, 0.05) is 7.11 Å². The van der Waals surface area contributed by atoms with Crippen molar-refractivity contribution in [2.75, 3.05) is 20.2 Å². The van der Waals surface area contributed by atoms with Crippen molar-refractivity contribution < 1.29 is 10.2 Å². The number of ether oxygens (including phenoxy) is 1. The number of piperidine rings is 1. The highest BCUT2D eigenvalue weighted by molar-refractivity contribution is 4.70. The number of rotatable bonds is 0. The monoisotopic (exact) mass is 219 g/mol. The van der Waals surface area contributed by atoms with Crippen molar-refractivity contribution in [1.29, 1.82) is 0 Å². The molecule has 1 aliphatic heterocycles. The molecule has 0 aromatic rings. The van der Waals surface area contributed by atoms with Gasteiger partial charge in [0.15, 0.2) is 0 Å². The van der Waals surface area contributed by atoms with Gasteiger partial charge in [-0.25, -0.2) is 0 Å². The Morgan fingerprint density at radius 2 is 1.60 bits per heavy atom. The quantitative estimate of drug-likeness (QED) is 0.676. The SMILES string of the molecule is CC1CCNCC1C.COC(C)(C)C.O. The van der Waals surface area contributed by atoms with Crippen LogP contribution in [0.2, 0.25) is 0 Å². The van der Waals surface area contributed by atoms with Crippen LogP contribution >= 0.6 is 0 Å². The molecule has 1 fully saturated rings. The van der Waals surface area contributed by atoms with Crippen LogP contribution in [0.3, 0.4) is 0 Å². The minimum Gasteiger partial charge on any atom is -0.412 e. The first-order chi connectivity index (χ1) is 6.37. The van der Waals surface area contributed by atoms with Crippen LogP contribution in [-0.4, -0.2) is 31.3 Å². The molecule has 2 atom stereocenters. The maximum Gasteiger partial charge on any atom is 0.0594 e. The van der Waals surface area contributed by atoms with Gasteiger partial charge in [-0.05, 0) is 52.1 Å². The van der Waals surface area contributed by atoms with Gasteiger partial charge in [0.1, 0.15) is 0 Å². The molecule has 0 amide bonds. The highest BCUT2D eigenvalue weighted by Crippen LogP contribution is 2.16. The van der Waals surface area contributed by atoms with E-state index < -0.39 is 0 Å². The first-order valence-corrected chi connectivity index (χ1v) is 5.62. The summed E-state index contributed by atoms with van der Waals surface area (Å²) in [6, 6.07) is 0. The maximum absolute atomic E-state index is 4.94. The van der Waals surface area contributed by atoms with Gasteiger partial charge in [-0.15, -0.1) is 0 Å². The van der Waals surface area contributed by atoms with Crippen molar-refractivity contribution in [3.8, 4) is 0 Å². The molecule has 1 saturated heterocycles. The summed E-state index contributed by atoms with van der Waals surface area (Å²) in [5.74, 6) is 1.83. The summed E-state index contributed by atoms with van der Waals surface area (Å²) in [4.78, 5) is 0. The summed E-state index contributed by atoms with van der Waals surface area (Å²) in [7, 11) is 1.71. The second-order valence-electron chi connectivity index (χ2n) is 5.26. The summed E-state index contributed by atoms with van der Waals surface area (Å²) in [6.45, 7) is 13.2. The van der Waals surface area contributed by atoms with E-state index in [-0.39, 0.29) is 11.1 Å². The van der Waals surface area contributed by atoms with Crippen LogP contribution in [-0.2, 0) is 4.74 Å². The second-order valence-corrected chi connectivity index (χ2v) is 5.26. The highest BCUT2D eigenvalue weighted by atomic mass is 16.5. The van der Waals surface area contributed by atoms with E-state index in [0.717, 1.165) is 11.8 Å². The van der Waals surface area contributed by atoms with Gasteiger partial charge in [0.2, 0.25) is 0 Å². The minimum atomic E-state index is 0. The molecule has 0 aromatic carbocycles. The third-order valence-corrected chi connectivity index (χ3v) is 2.83. The number of hydrogen-bond donors (Lipinski definition) is 1. The van der Waals surface area contributed by atoms with Crippen LogP contribution in [0.1, 0.15) is 41.0 Å². The summed E-state index contributed by atoms with van der Waals surface area (Å²) in [6.07, 6.45) is 1.36. The summed E-state index contributed by atoms with van der Waals surface area (Å²) in [5.41, 5.74) is 0.0417. The second kappa shape index (κ2) is 8.08. The molecular formula is C12H29NO2. The normalized spacial score (nSPS) is 26.0. The average Bonchev–Trinajstić information content (AvgIpc) is 2.10. The predicted octanol–water partition coefficient (Wildman–Crippen LogP) is 1.86. The molecule has 1 heterocycles. The van der Waals surface area contributed by atoms with Crippen molar-refractivity contribution >= 4 is 0 Å². The molecule has 0 aliphatic carbocycles. The van der Waals surface area contributed by atoms with Crippen molar-refractivity contribution in [2.45, 2.75) is 46.6 Å². The third-order valence-electron chi connectivity index (χ3n) is 2.83. The zero-order valence-electron chi connectivity index (χ0n) is 11.2. The fraction of sp³-hybridized carbons (Fsp3) is 1.00. The van der Waals surface area contributed by atoms with Crippen LogP contribution in [0.5, 0.6) is 0 Å². The molecule has 1 rings (SSSR count). The molecule has 15 heavy (non-hydrogen) atoms. The van der Waals surface area contributed by atoms with Crippen LogP contribution in [0.4, 0.5) is 0 Å². The van der Waals surface area contributed by atoms with E-state index in [1.807, 2.05) is 20.8 Å². The lowest BCUT2D eigenvalue weighted by Gasteiger charge is -2.25. The Balaban J connectivity index is 0. The standard InChI is InChI=1S/C7H15N.C5H12O.H2O/c1-6-3-4-8-5-7(6)2;1-5(2,3)6-4;/h6-8H,3-5H2,1-2H3;1-4H3;1H2. The largest absolute Gasteiger partial charge is 0.412 e. The van der Waals surface area contributed by atoms with Crippen molar-refractivity contribution in [3.63, 3.8) is 0 Å². The van der Waals surface area contributed by atoms with Gasteiger partial charge in [-0.3, -0.25) is 0 Å². The van der Waals surface area contributed by atoms with E-state index in [2.05, 4.69) is 19.2 Å². The van der Waals surface area contributed by atoms with Gasteiger partial charge < -0.3 is 15.5 Å². The number of methoxy groups -OCH3 is 1. The predicted molar refractivity (Wildman–Crippen MR) is 66.2 cm³/mol. The molecule has 0 aromatic heterocycles. The highest BCUT2D eigenvalue weighted by Gasteiger charge is 2.15. The molecule has 0 saturated carbocycles. The fourth-order valence-corrected chi connectivity index (χ4v) is 1.15. The zero-order chi connectivity index (χ0) is 11.2. The van der Waals surface area contributed by atoms with Gasteiger partial charge in [0.25, 0.3) is 0 Å². The molecule has 94 valence electrons. The zero-order valence-corrected chi connectivity index (χ0v) is 11.2. The van der Waals surface area contributed by atoms with Crippen LogP contribution in [0.15, 0.2) is 0 Å². The fourth-order valence-electron chi connectivity index (χ4n) is 1.15. The molecular weight excluding hydrogens is 190 g/mol. The van der Waals surface area contributed by atoms with Crippen LogP contribution in [0, 0.1) is 11.8 Å². The molecule has 1 aliphatic rings. The van der Waals surface area contributed by atoms with E-state index >= 15 is 0 Å². The molecule has 3 heteroatoms. The van der Waals surface area contributed by atoms with Gasteiger partial charge >= 0.3 is 0 Å². The van der Waals surface area contributed by atoms with Gasteiger partial charge in [-0.2, -0.15) is 0 Å². The molecule has 0 radical (unpaired) electrons. The topological polar surface area (TPSA) is 52.8 Å². The molecule has 3 nitrogen and oxygen atoms in total. The Labute approximate surface area is 94.9 Å². The molecule has 2 unspecified atom stereocenters. The van der Waals surface area contributed by atoms with Gasteiger partial charge in [-0.1, -0.05) is 13.8 Å². The first kappa shape index (κ1) is 17.3. The van der Waals surface area contributed by atoms with Crippen molar-refractivity contribution in [3.05, 3.63) is 0 Å². The molecule has 0 bridgehead atoms. The minimum absolute atomic E-state index is 0. The summed E-state index contributed by atoms with van der Waals surface area (Å²) in [5, 5.41) is 3.36. The Kier molecular flexibility index (Phi) is 9.31. The summed E-state index contributed by atoms with van der Waals surface area (Å²) < 4.78 is 4.94. The van der Waals surface area contributed by atoms with Gasteiger partial charge in [0.05, 0.1) is 5.60 Å². The lowest BCUT2D eigenvalue weighted by Crippen LogP contribution is -2.33. The van der Waals surface area contributed by atoms with E-state index in [9.17, 15) is 0 Å². The Hall–Kier alpha value is -0.120. The number of hydrogen-bond acceptors (Lipinski definition) is 2. The van der Waals surface area contributed by atoms with E-state index in [4.69, 9.17) is 4.74 Å². The summed E-state index contributed by atoms with van der Waals surface area (Å²) >= 11 is 0. The van der Waals surface area contributed by atoms with E-state index in [0.29, 0.717) is 0 Å². The third kappa shape index (κ3) is 10.2. The van der Waals surface area contributed by atoms with Crippen LogP contribution in [0.25, 0.3) is 0 Å². The first-order valence-electron chi connectivity index (χ1n) is 5.62. The molecule has 3 N–H and O–H groups in total. The van der Waals surface area contributed by atoms with E-state index in [1.54, 1.807) is 7.11 Å². The van der Waals surface area contributed by atoms with Crippen molar-refractivity contribution in [1.82, 2.24) is 5.32 Å². The Bertz CT molecular complexity index is 133. The molecule has 0 spiro atoms. The van der Waals surface area contributed by atoms with E-state index in [1.165, 1.54) is 19.5 Å². The maximum atomic E-state index is 4.94. The lowest BCUT2D eigenvalue weighted by atomic mass is 9.90.